The summed E-state index contributed by atoms with van der Waals surface area (Å²) in [5.41, 5.74) is 5.63. The van der Waals surface area contributed by atoms with Crippen LogP contribution in [0.4, 0.5) is 0 Å². The minimum atomic E-state index is -0.466. The van der Waals surface area contributed by atoms with E-state index in [1.54, 1.807) is 42.6 Å². The van der Waals surface area contributed by atoms with Gasteiger partial charge in [0.15, 0.2) is 0 Å². The summed E-state index contributed by atoms with van der Waals surface area (Å²) in [6, 6.07) is 10.3. The summed E-state index contributed by atoms with van der Waals surface area (Å²) >= 11 is 5.96. The van der Waals surface area contributed by atoms with Gasteiger partial charge in [-0.05, 0) is 29.8 Å². The maximum Gasteiger partial charge on any atom is 0.271 e. The van der Waals surface area contributed by atoms with E-state index < -0.39 is 11.8 Å². The van der Waals surface area contributed by atoms with Gasteiger partial charge in [0.1, 0.15) is 0 Å². The lowest BCUT2D eigenvalue weighted by Gasteiger charge is -2.04. The summed E-state index contributed by atoms with van der Waals surface area (Å²) in [7, 11) is 0. The van der Waals surface area contributed by atoms with E-state index in [1.165, 1.54) is 12.3 Å². The number of amides is 2. The molecular formula is C15H12ClN3O2. The van der Waals surface area contributed by atoms with Crippen molar-refractivity contribution in [1.29, 1.82) is 0 Å². The molecule has 2 N–H and O–H groups in total. The Bertz CT molecular complexity index is 672. The van der Waals surface area contributed by atoms with Crippen molar-refractivity contribution in [1.82, 2.24) is 15.8 Å². The normalized spacial score (nSPS) is 10.3. The van der Waals surface area contributed by atoms with E-state index in [1.807, 2.05) is 6.07 Å². The van der Waals surface area contributed by atoms with Crippen molar-refractivity contribution in [3.8, 4) is 0 Å². The second-order valence-corrected chi connectivity index (χ2v) is 4.45. The van der Waals surface area contributed by atoms with Crippen molar-refractivity contribution in [2.45, 2.75) is 0 Å². The molecule has 0 saturated carbocycles. The fraction of sp³-hybridized carbons (Fsp3) is 0. The SMILES string of the molecule is O=C(/C=C/c1ccccc1Cl)NNC(=O)c1cccnc1. The summed E-state index contributed by atoms with van der Waals surface area (Å²) in [5, 5.41) is 0.543. The fourth-order valence-corrected chi connectivity index (χ4v) is 1.70. The molecule has 0 atom stereocenters. The van der Waals surface area contributed by atoms with Crippen LogP contribution in [-0.2, 0) is 4.79 Å². The molecule has 106 valence electrons. The zero-order chi connectivity index (χ0) is 15.1. The molecule has 0 spiro atoms. The zero-order valence-corrected chi connectivity index (χ0v) is 11.7. The van der Waals surface area contributed by atoms with Gasteiger partial charge in [-0.15, -0.1) is 0 Å². The number of rotatable bonds is 3. The lowest BCUT2D eigenvalue weighted by atomic mass is 10.2. The predicted molar refractivity (Wildman–Crippen MR) is 80.3 cm³/mol. The molecule has 2 amide bonds. The number of hydrogen-bond donors (Lipinski definition) is 2. The van der Waals surface area contributed by atoms with Gasteiger partial charge in [-0.2, -0.15) is 0 Å². The van der Waals surface area contributed by atoms with Crippen LogP contribution in [0.15, 0.2) is 54.9 Å². The van der Waals surface area contributed by atoms with Crippen LogP contribution in [0.3, 0.4) is 0 Å². The van der Waals surface area contributed by atoms with E-state index >= 15 is 0 Å². The Hall–Kier alpha value is -2.66. The number of benzene rings is 1. The lowest BCUT2D eigenvalue weighted by Crippen LogP contribution is -2.40. The first-order valence-corrected chi connectivity index (χ1v) is 6.47. The Labute approximate surface area is 126 Å². The molecule has 1 aromatic carbocycles. The molecule has 21 heavy (non-hydrogen) atoms. The Morgan fingerprint density at radius 2 is 1.90 bits per heavy atom. The van der Waals surface area contributed by atoms with Gasteiger partial charge in [-0.25, -0.2) is 0 Å². The number of halogens is 1. The molecule has 0 fully saturated rings. The Balaban J connectivity index is 1.88. The van der Waals surface area contributed by atoms with Crippen LogP contribution in [0.2, 0.25) is 5.02 Å². The standard InChI is InChI=1S/C15H12ClN3O2/c16-13-6-2-1-4-11(13)7-8-14(20)18-19-15(21)12-5-3-9-17-10-12/h1-10H,(H,18,20)(H,19,21)/b8-7+. The second kappa shape index (κ2) is 7.21. The van der Waals surface area contributed by atoms with Crippen molar-refractivity contribution in [2.24, 2.45) is 0 Å². The summed E-state index contributed by atoms with van der Waals surface area (Å²) in [6.07, 6.45) is 5.81. The first-order chi connectivity index (χ1) is 10.2. The first kappa shape index (κ1) is 14.7. The molecular weight excluding hydrogens is 290 g/mol. The molecule has 5 nitrogen and oxygen atoms in total. The lowest BCUT2D eigenvalue weighted by molar-refractivity contribution is -0.117. The minimum Gasteiger partial charge on any atom is -0.268 e. The van der Waals surface area contributed by atoms with Crippen LogP contribution in [0.25, 0.3) is 6.08 Å². The number of carbonyl (C=O) groups is 2. The largest absolute Gasteiger partial charge is 0.271 e. The van der Waals surface area contributed by atoms with Gasteiger partial charge < -0.3 is 0 Å². The van der Waals surface area contributed by atoms with E-state index in [0.717, 1.165) is 0 Å². The van der Waals surface area contributed by atoms with Crippen LogP contribution in [0, 0.1) is 0 Å². The number of carbonyl (C=O) groups excluding carboxylic acids is 2. The highest BCUT2D eigenvalue weighted by molar-refractivity contribution is 6.32. The number of hydrazine groups is 1. The van der Waals surface area contributed by atoms with Crippen LogP contribution >= 0.6 is 11.6 Å². The van der Waals surface area contributed by atoms with E-state index in [9.17, 15) is 9.59 Å². The highest BCUT2D eigenvalue weighted by Crippen LogP contribution is 2.15. The Kier molecular flexibility index (Phi) is 5.06. The number of hydrogen-bond acceptors (Lipinski definition) is 3. The average Bonchev–Trinajstić information content (AvgIpc) is 2.52. The molecule has 2 rings (SSSR count). The molecule has 0 bridgehead atoms. The van der Waals surface area contributed by atoms with Gasteiger partial charge in [0.05, 0.1) is 5.56 Å². The number of nitrogens with one attached hydrogen (secondary N) is 2. The second-order valence-electron chi connectivity index (χ2n) is 4.04. The van der Waals surface area contributed by atoms with E-state index in [2.05, 4.69) is 15.8 Å². The predicted octanol–water partition coefficient (Wildman–Crippen LogP) is 2.21. The zero-order valence-electron chi connectivity index (χ0n) is 10.9. The van der Waals surface area contributed by atoms with Crippen molar-refractivity contribution in [2.75, 3.05) is 0 Å². The van der Waals surface area contributed by atoms with Crippen molar-refractivity contribution >= 4 is 29.5 Å². The average molecular weight is 302 g/mol. The molecule has 0 aliphatic rings. The van der Waals surface area contributed by atoms with Gasteiger partial charge in [0.2, 0.25) is 0 Å². The summed E-state index contributed by atoms with van der Waals surface area (Å²) in [5.74, 6) is -0.908. The third kappa shape index (κ3) is 4.43. The summed E-state index contributed by atoms with van der Waals surface area (Å²) in [6.45, 7) is 0. The van der Waals surface area contributed by atoms with Crippen molar-refractivity contribution in [3.63, 3.8) is 0 Å². The molecule has 1 heterocycles. The third-order valence-electron chi connectivity index (χ3n) is 2.54. The van der Waals surface area contributed by atoms with Crippen LogP contribution in [0.5, 0.6) is 0 Å². The molecule has 0 aliphatic heterocycles. The highest BCUT2D eigenvalue weighted by atomic mass is 35.5. The number of nitrogens with zero attached hydrogens (tertiary/aromatic N) is 1. The van der Waals surface area contributed by atoms with E-state index in [4.69, 9.17) is 11.6 Å². The van der Waals surface area contributed by atoms with Gasteiger partial charge in [0.25, 0.3) is 11.8 Å². The summed E-state index contributed by atoms with van der Waals surface area (Å²) < 4.78 is 0. The Morgan fingerprint density at radius 1 is 1.10 bits per heavy atom. The quantitative estimate of drug-likeness (QED) is 0.674. The van der Waals surface area contributed by atoms with E-state index in [-0.39, 0.29) is 0 Å². The molecule has 0 aliphatic carbocycles. The van der Waals surface area contributed by atoms with Gasteiger partial charge in [-0.1, -0.05) is 29.8 Å². The highest BCUT2D eigenvalue weighted by Gasteiger charge is 2.05. The molecule has 0 unspecified atom stereocenters. The molecule has 0 saturated heterocycles. The maximum atomic E-state index is 11.7. The molecule has 0 radical (unpaired) electrons. The van der Waals surface area contributed by atoms with Crippen LogP contribution in [0.1, 0.15) is 15.9 Å². The van der Waals surface area contributed by atoms with E-state index in [0.29, 0.717) is 16.1 Å². The monoisotopic (exact) mass is 301 g/mol. The first-order valence-electron chi connectivity index (χ1n) is 6.10. The summed E-state index contributed by atoms with van der Waals surface area (Å²) in [4.78, 5) is 27.1. The number of aromatic nitrogens is 1. The van der Waals surface area contributed by atoms with Crippen molar-refractivity contribution in [3.05, 3.63) is 71.0 Å². The maximum absolute atomic E-state index is 11.7. The molecule has 2 aromatic rings. The van der Waals surface area contributed by atoms with Gasteiger partial charge in [-0.3, -0.25) is 25.4 Å². The van der Waals surface area contributed by atoms with Gasteiger partial charge in [0, 0.05) is 23.5 Å². The smallest absolute Gasteiger partial charge is 0.268 e. The molecule has 6 heteroatoms. The Morgan fingerprint density at radius 3 is 2.62 bits per heavy atom. The topological polar surface area (TPSA) is 71.1 Å². The van der Waals surface area contributed by atoms with Crippen LogP contribution < -0.4 is 10.9 Å². The minimum absolute atomic E-state index is 0.355. The number of pyridine rings is 1. The van der Waals surface area contributed by atoms with Crippen molar-refractivity contribution < 1.29 is 9.59 Å². The molecule has 1 aromatic heterocycles. The van der Waals surface area contributed by atoms with Crippen LogP contribution in [-0.4, -0.2) is 16.8 Å². The van der Waals surface area contributed by atoms with Gasteiger partial charge >= 0.3 is 0 Å². The third-order valence-corrected chi connectivity index (χ3v) is 2.89. The fourth-order valence-electron chi connectivity index (χ4n) is 1.51.